The van der Waals surface area contributed by atoms with Crippen molar-refractivity contribution < 1.29 is 9.47 Å². The number of fused-ring (bicyclic) bond motifs is 1. The van der Waals surface area contributed by atoms with Crippen molar-refractivity contribution >= 4 is 5.84 Å². The Hall–Kier alpha value is -1.63. The lowest BCUT2D eigenvalue weighted by molar-refractivity contribution is -0.261. The zero-order valence-electron chi connectivity index (χ0n) is 13.9. The summed E-state index contributed by atoms with van der Waals surface area (Å²) in [6, 6.07) is 4.61. The fourth-order valence-corrected chi connectivity index (χ4v) is 4.55. The fourth-order valence-electron chi connectivity index (χ4n) is 4.55. The summed E-state index contributed by atoms with van der Waals surface area (Å²) in [7, 11) is 0. The lowest BCUT2D eigenvalue weighted by Gasteiger charge is -2.34. The molecule has 2 N–H and O–H groups in total. The fraction of sp³-hybridized carbons (Fsp3) is 0.812. The molecule has 22 heavy (non-hydrogen) atoms. The first-order chi connectivity index (χ1) is 10.3. The summed E-state index contributed by atoms with van der Waals surface area (Å²) >= 11 is 0. The molecule has 1 fully saturated rings. The molecule has 0 aromatic heterocycles. The smallest absolute Gasteiger partial charge is 0.293 e. The molecule has 0 unspecified atom stereocenters. The van der Waals surface area contributed by atoms with E-state index in [2.05, 4.69) is 31.0 Å². The van der Waals surface area contributed by atoms with E-state index in [1.807, 2.05) is 20.8 Å². The maximum absolute atomic E-state index is 10.0. The minimum Gasteiger partial charge on any atom is -0.386 e. The molecule has 1 aliphatic heterocycles. The number of nitrogens with zero attached hydrogens (tertiary/aromatic N) is 3. The number of aliphatic imine (C=N–C) groups is 1. The van der Waals surface area contributed by atoms with E-state index in [0.717, 1.165) is 0 Å². The summed E-state index contributed by atoms with van der Waals surface area (Å²) in [6.45, 7) is 10.3. The zero-order valence-corrected chi connectivity index (χ0v) is 13.9. The molecule has 0 bridgehead atoms. The standard InChI is InChI=1S/C16H24N4O2/c1-6-21-16(22-7-2)15(10-18)13(5,8-11(3)4)14(15,9-17)12(19)20-16/h11H,6-8H2,1-5H3,(H2,19,20)/t13-,14+,15-/m1/s1. The molecule has 6 nitrogen and oxygen atoms in total. The maximum Gasteiger partial charge on any atom is 0.293 e. The number of nitrogens with two attached hydrogens (primary N) is 1. The van der Waals surface area contributed by atoms with Crippen molar-refractivity contribution in [2.24, 2.45) is 32.9 Å². The molecule has 1 saturated carbocycles. The third-order valence-electron chi connectivity index (χ3n) is 5.11. The van der Waals surface area contributed by atoms with Crippen LogP contribution in [0.1, 0.15) is 41.0 Å². The van der Waals surface area contributed by atoms with Crippen LogP contribution >= 0.6 is 0 Å². The van der Waals surface area contributed by atoms with Crippen molar-refractivity contribution in [3.8, 4) is 12.1 Å². The minimum absolute atomic E-state index is 0.154. The van der Waals surface area contributed by atoms with Crippen molar-refractivity contribution in [2.75, 3.05) is 13.2 Å². The van der Waals surface area contributed by atoms with E-state index >= 15 is 0 Å². The van der Waals surface area contributed by atoms with E-state index in [0.29, 0.717) is 25.6 Å². The predicted octanol–water partition coefficient (Wildman–Crippen LogP) is 2.17. The van der Waals surface area contributed by atoms with Gasteiger partial charge in [-0.25, -0.2) is 4.99 Å². The molecule has 0 radical (unpaired) electrons. The number of rotatable bonds is 6. The average molecular weight is 304 g/mol. The van der Waals surface area contributed by atoms with Crippen LogP contribution < -0.4 is 5.73 Å². The average Bonchev–Trinajstić information content (AvgIpc) is 2.81. The van der Waals surface area contributed by atoms with E-state index < -0.39 is 22.2 Å². The summed E-state index contributed by atoms with van der Waals surface area (Å²) in [5.74, 6) is -1.03. The Morgan fingerprint density at radius 2 is 1.73 bits per heavy atom. The topological polar surface area (TPSA) is 104 Å². The number of amidine groups is 1. The third-order valence-corrected chi connectivity index (χ3v) is 5.11. The molecule has 1 heterocycles. The Labute approximate surface area is 131 Å². The van der Waals surface area contributed by atoms with Crippen LogP contribution in [0.25, 0.3) is 0 Å². The second kappa shape index (κ2) is 4.94. The van der Waals surface area contributed by atoms with Crippen molar-refractivity contribution in [1.82, 2.24) is 0 Å². The molecular formula is C16H24N4O2. The summed E-state index contributed by atoms with van der Waals surface area (Å²) in [5, 5.41) is 19.9. The van der Waals surface area contributed by atoms with Crippen LogP contribution in [0.15, 0.2) is 4.99 Å². The molecule has 1 aliphatic carbocycles. The highest BCUT2D eigenvalue weighted by Gasteiger charge is 2.99. The molecular weight excluding hydrogens is 280 g/mol. The highest BCUT2D eigenvalue weighted by molar-refractivity contribution is 6.00. The van der Waals surface area contributed by atoms with E-state index in [4.69, 9.17) is 15.2 Å². The summed E-state index contributed by atoms with van der Waals surface area (Å²) in [5.41, 5.74) is 3.13. The normalized spacial score (nSPS) is 38.1. The molecule has 0 aromatic rings. The Kier molecular flexibility index (Phi) is 3.76. The molecule has 2 rings (SSSR count). The van der Waals surface area contributed by atoms with Gasteiger partial charge < -0.3 is 15.2 Å². The quantitative estimate of drug-likeness (QED) is 0.757. The molecule has 2 aliphatic rings. The number of ether oxygens (including phenoxy) is 2. The van der Waals surface area contributed by atoms with E-state index in [-0.39, 0.29) is 5.84 Å². The van der Waals surface area contributed by atoms with Gasteiger partial charge in [-0.05, 0) is 26.2 Å². The van der Waals surface area contributed by atoms with E-state index in [1.165, 1.54) is 0 Å². The van der Waals surface area contributed by atoms with Gasteiger partial charge in [0.25, 0.3) is 5.91 Å². The Morgan fingerprint density at radius 3 is 2.09 bits per heavy atom. The number of hydrogen-bond donors (Lipinski definition) is 1. The van der Waals surface area contributed by atoms with Crippen LogP contribution in [-0.4, -0.2) is 25.0 Å². The monoisotopic (exact) mass is 304 g/mol. The largest absolute Gasteiger partial charge is 0.386 e. The Morgan fingerprint density at radius 1 is 1.18 bits per heavy atom. The Bertz CT molecular complexity index is 582. The van der Waals surface area contributed by atoms with Crippen LogP contribution in [0.5, 0.6) is 0 Å². The minimum atomic E-state index is -1.49. The third kappa shape index (κ3) is 1.42. The summed E-state index contributed by atoms with van der Waals surface area (Å²) in [6.07, 6.45) is 0.673. The van der Waals surface area contributed by atoms with Gasteiger partial charge in [-0.2, -0.15) is 10.5 Å². The van der Waals surface area contributed by atoms with Crippen LogP contribution in [-0.2, 0) is 9.47 Å². The van der Waals surface area contributed by atoms with Gasteiger partial charge in [-0.15, -0.1) is 0 Å². The van der Waals surface area contributed by atoms with Gasteiger partial charge in [-0.3, -0.25) is 0 Å². The van der Waals surface area contributed by atoms with Gasteiger partial charge in [0.15, 0.2) is 5.41 Å². The molecule has 0 saturated heterocycles. The molecule has 0 amide bonds. The van der Waals surface area contributed by atoms with Gasteiger partial charge in [-0.1, -0.05) is 20.8 Å². The Balaban J connectivity index is 2.69. The second-order valence-electron chi connectivity index (χ2n) is 6.60. The highest BCUT2D eigenvalue weighted by Crippen LogP contribution is 2.86. The molecule has 120 valence electrons. The van der Waals surface area contributed by atoms with Gasteiger partial charge >= 0.3 is 0 Å². The molecule has 0 aromatic carbocycles. The van der Waals surface area contributed by atoms with Crippen molar-refractivity contribution in [3.63, 3.8) is 0 Å². The van der Waals surface area contributed by atoms with Crippen LogP contribution in [0.4, 0.5) is 0 Å². The maximum atomic E-state index is 10.0. The van der Waals surface area contributed by atoms with Crippen LogP contribution in [0.3, 0.4) is 0 Å². The summed E-state index contributed by atoms with van der Waals surface area (Å²) in [4.78, 5) is 4.32. The van der Waals surface area contributed by atoms with Crippen molar-refractivity contribution in [3.05, 3.63) is 0 Å². The molecule has 3 atom stereocenters. The van der Waals surface area contributed by atoms with Gasteiger partial charge in [0, 0.05) is 18.6 Å². The second-order valence-corrected chi connectivity index (χ2v) is 6.60. The van der Waals surface area contributed by atoms with Crippen LogP contribution in [0.2, 0.25) is 0 Å². The van der Waals surface area contributed by atoms with E-state index in [9.17, 15) is 10.5 Å². The number of hydrogen-bond acceptors (Lipinski definition) is 6. The highest BCUT2D eigenvalue weighted by atomic mass is 16.7. The molecule has 6 heteroatoms. The number of nitriles is 2. The molecule has 0 spiro atoms. The lowest BCUT2D eigenvalue weighted by atomic mass is 9.84. The predicted molar refractivity (Wildman–Crippen MR) is 81.3 cm³/mol. The van der Waals surface area contributed by atoms with Gasteiger partial charge in [0.1, 0.15) is 11.3 Å². The summed E-state index contributed by atoms with van der Waals surface area (Å²) < 4.78 is 11.6. The lowest BCUT2D eigenvalue weighted by Crippen LogP contribution is -2.45. The van der Waals surface area contributed by atoms with E-state index in [1.54, 1.807) is 0 Å². The van der Waals surface area contributed by atoms with Gasteiger partial charge in [0.2, 0.25) is 0 Å². The van der Waals surface area contributed by atoms with Crippen molar-refractivity contribution in [1.29, 1.82) is 10.5 Å². The SMILES string of the molecule is CCOC1(OCC)N=C(N)[C@@]2(C#N)[C@@](C)(CC(C)C)[C@@]12C#N. The first-order valence-electron chi connectivity index (χ1n) is 7.75. The van der Waals surface area contributed by atoms with Gasteiger partial charge in [0.05, 0.1) is 12.1 Å². The zero-order chi connectivity index (χ0) is 16.8. The van der Waals surface area contributed by atoms with Crippen molar-refractivity contribution in [2.45, 2.75) is 47.0 Å². The van der Waals surface area contributed by atoms with Crippen LogP contribution in [0, 0.1) is 44.8 Å². The first-order valence-corrected chi connectivity index (χ1v) is 7.75. The first kappa shape index (κ1) is 16.7.